The van der Waals surface area contributed by atoms with Crippen molar-refractivity contribution in [2.45, 2.75) is 224 Å². The fourth-order valence-electron chi connectivity index (χ4n) is 12.9. The normalized spacial score (nSPS) is 28.4. The van der Waals surface area contributed by atoms with Crippen LogP contribution in [0.2, 0.25) is 0 Å². The molecule has 0 aromatic heterocycles. The Bertz CT molecular complexity index is 3820. The fourth-order valence-corrected chi connectivity index (χ4v) is 14.5. The molecule has 32 nitrogen and oxygen atoms in total. The maximum absolute atomic E-state index is 14.9. The number of amides is 4. The van der Waals surface area contributed by atoms with Crippen LogP contribution in [0.15, 0.2) is 24.3 Å². The molecule has 1 N–H and O–H groups in total. The van der Waals surface area contributed by atoms with Gasteiger partial charge in [0, 0.05) is 68.2 Å². The summed E-state index contributed by atoms with van der Waals surface area (Å²) in [5.41, 5.74) is 0. The van der Waals surface area contributed by atoms with Crippen LogP contribution in [0.4, 0.5) is 74.1 Å². The minimum absolute atomic E-state index is 0. The summed E-state index contributed by atoms with van der Waals surface area (Å²) in [6, 6.07) is 0. The van der Waals surface area contributed by atoms with Crippen molar-refractivity contribution in [2.24, 2.45) is 47.3 Å². The molecule has 0 spiro atoms. The van der Waals surface area contributed by atoms with Gasteiger partial charge in [-0.1, -0.05) is 50.5 Å². The lowest BCUT2D eigenvalue weighted by molar-refractivity contribution is -0.457. The Hall–Kier alpha value is -8.01. The van der Waals surface area contributed by atoms with Crippen LogP contribution in [0.3, 0.4) is 0 Å². The molecule has 4 heterocycles. The highest BCUT2D eigenvalue weighted by Crippen LogP contribution is 2.57. The minimum atomic E-state index is -7.60. The Morgan fingerprint density at radius 2 is 0.702 bits per heavy atom. The van der Waals surface area contributed by atoms with Crippen molar-refractivity contribution in [1.29, 1.82) is 0 Å². The Morgan fingerprint density at radius 1 is 0.421 bits per heavy atom. The molecule has 8 aliphatic rings. The molecule has 12 unspecified atom stereocenters. The molecule has 4 saturated heterocycles. The number of halogens is 17. The van der Waals surface area contributed by atoms with E-state index < -0.39 is 268 Å². The number of nitrogens with one attached hydrogen (secondary N) is 1. The van der Waals surface area contributed by atoms with E-state index in [9.17, 15) is 149 Å². The Balaban J connectivity index is 0.000000507. The topological polar surface area (TPSA) is 418 Å². The number of allylic oxidation sites excluding steroid dienone is 4. The monoisotopic (exact) mass is 1730 g/mol. The number of imide groups is 2. The first-order valence-electron chi connectivity index (χ1n) is 32.2. The van der Waals surface area contributed by atoms with Gasteiger partial charge in [-0.05, 0) is 49.4 Å². The van der Waals surface area contributed by atoms with Gasteiger partial charge in [0.05, 0.1) is 36.9 Å². The summed E-state index contributed by atoms with van der Waals surface area (Å²) in [6.45, 7) is 3.44. The molecule has 652 valence electrons. The van der Waals surface area contributed by atoms with Crippen molar-refractivity contribution in [3.05, 3.63) is 24.3 Å². The van der Waals surface area contributed by atoms with Gasteiger partial charge in [-0.2, -0.15) is 91.4 Å². The van der Waals surface area contributed by atoms with Crippen LogP contribution in [0, 0.1) is 47.3 Å². The molecule has 0 aromatic rings. The van der Waals surface area contributed by atoms with Crippen molar-refractivity contribution >= 4 is 91.6 Å². The number of carbonyl (C=O) groups is 12. The summed E-state index contributed by atoms with van der Waals surface area (Å²) in [5, 5.41) is -11.4. The number of carbonyl (C=O) groups excluding carboxylic acids is 12. The number of fused-ring (bicyclic) bond motifs is 10. The summed E-state index contributed by atoms with van der Waals surface area (Å²) >= 11 is 0. The van der Waals surface area contributed by atoms with Gasteiger partial charge < -0.3 is 56.8 Å². The van der Waals surface area contributed by atoms with Gasteiger partial charge in [0.25, 0.3) is 0 Å². The van der Waals surface area contributed by atoms with E-state index >= 15 is 0 Å². The van der Waals surface area contributed by atoms with E-state index in [1.807, 2.05) is 0 Å². The first-order valence-corrected chi connectivity index (χ1v) is 35.1. The predicted octanol–water partition coefficient (Wildman–Crippen LogP) is 7.02. The van der Waals surface area contributed by atoms with Gasteiger partial charge in [0.1, 0.15) is 25.4 Å². The van der Waals surface area contributed by atoms with Gasteiger partial charge in [0.2, 0.25) is 23.6 Å². The standard InChI is InChI=1S/C30H33F8NO15S.C21H25F9O13S.C9H9NO2.3CH4/c1-12(40)49-11-18-21(50-13(2)41)22(51-14(3)42)23(52-15(4)43)26(53-18)48-9-5-8-27(31,32)28(33,34)54-29(35,36)30(37,38)55(46,47)39-24(44)19-16-6-7-17(10-16)20(19)25(39)45;1-9(31)38-8-13-14(39-10(2)32)15(40-11(3)33)16(41-12(4)34)17(42-13)37-7-5-6-18(22,23)19(24,25)43-20(26,27)21(28,29)44(30,35)36;11-8-6-4-1-2-5(3-4)7(6)9(12)10-8;;;/h6-7,16-23,26H,5,8-11H2,1-4H3;13-17H,5-8H2,1-4H3;1-2,4-7H,3H2,(H,10,11,12);3*1H4/t16?,17?,18?,19?,20?,21-,22-,23?,26-;13?,14-,15+,16?,17-;;;;/m11..../s1. The third kappa shape index (κ3) is 22.0. The molecule has 0 aromatic carbocycles. The largest absolute Gasteiger partial charge is 0.464 e. The first kappa shape index (κ1) is 100. The summed E-state index contributed by atoms with van der Waals surface area (Å²) in [4.78, 5) is 141. The number of esters is 8. The smallest absolute Gasteiger partial charge is 0.463 e. The number of nitrogens with zero attached hydrogens (tertiary/aromatic N) is 1. The zero-order chi connectivity index (χ0) is 84.4. The van der Waals surface area contributed by atoms with Crippen LogP contribution >= 0.6 is 0 Å². The molecule has 4 aliphatic carbocycles. The molecular formula is C63H79F17N2O30S2. The highest BCUT2D eigenvalue weighted by Gasteiger charge is 2.78. The van der Waals surface area contributed by atoms with Crippen LogP contribution in [-0.4, -0.2) is 227 Å². The average Bonchev–Trinajstić information content (AvgIpc) is 1.94. The highest BCUT2D eigenvalue weighted by atomic mass is 32.3. The van der Waals surface area contributed by atoms with Crippen molar-refractivity contribution in [2.75, 3.05) is 26.4 Å². The lowest BCUT2D eigenvalue weighted by Gasteiger charge is -2.44. The van der Waals surface area contributed by atoms with Crippen molar-refractivity contribution < 1.29 is 215 Å². The maximum Gasteiger partial charge on any atom is 0.464 e. The fraction of sp³-hybridized carbons (Fsp3) is 0.746. The summed E-state index contributed by atoms with van der Waals surface area (Å²) in [7, 11) is -14.8. The Labute approximate surface area is 636 Å². The van der Waals surface area contributed by atoms with Gasteiger partial charge in [0.15, 0.2) is 49.2 Å². The molecule has 4 aliphatic heterocycles. The second-order valence-electron chi connectivity index (χ2n) is 25.5. The summed E-state index contributed by atoms with van der Waals surface area (Å²) in [6.07, 6.45) is -43.5. The molecule has 8 rings (SSSR count). The van der Waals surface area contributed by atoms with E-state index in [2.05, 4.69) is 26.9 Å². The van der Waals surface area contributed by atoms with Crippen LogP contribution in [0.5, 0.6) is 0 Å². The molecular weight excluding hydrogens is 1650 g/mol. The quantitative estimate of drug-likeness (QED) is 0.0138. The Kier molecular flexibility index (Phi) is 33.0. The number of sulfonamides is 1. The maximum atomic E-state index is 14.9. The van der Waals surface area contributed by atoms with E-state index in [0.29, 0.717) is 11.8 Å². The van der Waals surface area contributed by atoms with Crippen LogP contribution in [0.1, 0.15) is 116 Å². The molecule has 18 atom stereocenters. The molecule has 114 heavy (non-hydrogen) atoms. The Morgan fingerprint density at radius 3 is 0.991 bits per heavy atom. The summed E-state index contributed by atoms with van der Waals surface area (Å²) < 4.78 is 349. The lowest BCUT2D eigenvalue weighted by atomic mass is 9.85. The average molecular weight is 1730 g/mol. The van der Waals surface area contributed by atoms with Crippen molar-refractivity contribution in [3.8, 4) is 0 Å². The van der Waals surface area contributed by atoms with Gasteiger partial charge in [-0.15, -0.1) is 0 Å². The van der Waals surface area contributed by atoms with E-state index in [-0.39, 0.29) is 52.4 Å². The van der Waals surface area contributed by atoms with Crippen LogP contribution in [-0.2, 0) is 144 Å². The van der Waals surface area contributed by atoms with Gasteiger partial charge in [-0.25, -0.2) is 9.47 Å². The number of rotatable bonds is 31. The summed E-state index contributed by atoms with van der Waals surface area (Å²) in [5.74, 6) is -27.4. The lowest BCUT2D eigenvalue weighted by Crippen LogP contribution is -2.63. The zero-order valence-corrected chi connectivity index (χ0v) is 59.8. The molecule has 51 heteroatoms. The van der Waals surface area contributed by atoms with E-state index in [4.69, 9.17) is 56.8 Å². The molecule has 4 amide bonds. The SMILES string of the molecule is C.C.C.CC(=O)OCC1O[C@@H](OCCCC(F)(F)C(F)(F)OC(F)(F)C(F)(F)S(=O)(=O)F)C(OC(C)=O)[C@@H](OC(C)=O)[C@@H]1OC(C)=O.CC(=O)OCC1O[C@@H](OCCCC(F)(F)C(F)(F)OC(F)(F)C(F)(F)S(=O)(=O)N2C(=O)C3C4C=CC(C4)C3C2=O)C(OC(C)=O)[C@H](OC(C)=O)[C@@H]1OC(C)=O.O=C1NC(=O)C2C3C=CC(C3)C12. The van der Waals surface area contributed by atoms with Crippen molar-refractivity contribution in [3.63, 3.8) is 0 Å². The van der Waals surface area contributed by atoms with Crippen molar-refractivity contribution in [1.82, 2.24) is 9.62 Å². The highest BCUT2D eigenvalue weighted by molar-refractivity contribution is 7.91. The van der Waals surface area contributed by atoms with Gasteiger partial charge in [-0.3, -0.25) is 62.9 Å². The third-order valence-electron chi connectivity index (χ3n) is 17.4. The number of hydrogen-bond acceptors (Lipinski definition) is 30. The van der Waals surface area contributed by atoms with E-state index in [0.717, 1.165) is 61.8 Å². The predicted molar refractivity (Wildman–Crippen MR) is 336 cm³/mol. The van der Waals surface area contributed by atoms with Crippen LogP contribution in [0.25, 0.3) is 0 Å². The molecule has 2 saturated carbocycles. The minimum Gasteiger partial charge on any atom is -0.463 e. The molecule has 6 fully saturated rings. The van der Waals surface area contributed by atoms with Crippen LogP contribution < -0.4 is 5.32 Å². The number of alkyl halides is 16. The molecule has 4 bridgehead atoms. The first-order chi connectivity index (χ1) is 50.7. The number of hydrogen-bond donors (Lipinski definition) is 1. The molecule has 0 radical (unpaired) electrons. The van der Waals surface area contributed by atoms with E-state index in [1.54, 1.807) is 0 Å². The van der Waals surface area contributed by atoms with E-state index in [1.165, 1.54) is 12.2 Å². The third-order valence-corrected chi connectivity index (χ3v) is 20.0. The zero-order valence-electron chi connectivity index (χ0n) is 58.2. The van der Waals surface area contributed by atoms with Gasteiger partial charge >= 0.3 is 115 Å². The second-order valence-corrected chi connectivity index (χ2v) is 28.8. The number of ether oxygens (including phenoxy) is 14. The second kappa shape index (κ2) is 37.5.